The first-order valence-electron chi connectivity index (χ1n) is 11.3. The first kappa shape index (κ1) is 23.2. The summed E-state index contributed by atoms with van der Waals surface area (Å²) in [5.41, 5.74) is 2.71. The lowest BCUT2D eigenvalue weighted by Crippen LogP contribution is -2.20. The van der Waals surface area contributed by atoms with Crippen LogP contribution in [0, 0.1) is 11.3 Å². The molecule has 0 aliphatic rings. The second kappa shape index (κ2) is 10.3. The predicted octanol–water partition coefficient (Wildman–Crippen LogP) is 6.97. The standard InChI is InChI=1S/C30H20N2O3S/c31-18-21-12-4-8-16-26(21)36-27-17-9-6-14-23(27)30(34)35-29(20-10-2-1-3-11-20)28(33)24-19-32-25-15-7-5-13-22(24)25/h1-17,19,29,32H. The molecule has 36 heavy (non-hydrogen) atoms. The van der Waals surface area contributed by atoms with Crippen molar-refractivity contribution < 1.29 is 14.3 Å². The molecule has 1 aromatic heterocycles. The maximum Gasteiger partial charge on any atom is 0.340 e. The molecule has 5 nitrogen and oxygen atoms in total. The number of aromatic amines is 1. The third-order valence-electron chi connectivity index (χ3n) is 5.75. The highest BCUT2D eigenvalue weighted by molar-refractivity contribution is 7.99. The van der Waals surface area contributed by atoms with Gasteiger partial charge in [-0.1, -0.05) is 84.6 Å². The average Bonchev–Trinajstić information content (AvgIpc) is 3.36. The molecule has 0 bridgehead atoms. The number of ether oxygens (including phenoxy) is 1. The van der Waals surface area contributed by atoms with E-state index >= 15 is 0 Å². The van der Waals surface area contributed by atoms with Crippen LogP contribution in [0.2, 0.25) is 0 Å². The first-order chi connectivity index (χ1) is 17.7. The zero-order valence-electron chi connectivity index (χ0n) is 19.0. The van der Waals surface area contributed by atoms with Gasteiger partial charge in [0.15, 0.2) is 6.10 Å². The van der Waals surface area contributed by atoms with Crippen LogP contribution in [0.15, 0.2) is 119 Å². The molecule has 1 N–H and O–H groups in total. The van der Waals surface area contributed by atoms with E-state index in [-0.39, 0.29) is 5.78 Å². The lowest BCUT2D eigenvalue weighted by Gasteiger charge is -2.18. The monoisotopic (exact) mass is 488 g/mol. The average molecular weight is 489 g/mol. The van der Waals surface area contributed by atoms with Crippen molar-refractivity contribution in [1.29, 1.82) is 5.26 Å². The van der Waals surface area contributed by atoms with E-state index in [2.05, 4.69) is 11.1 Å². The van der Waals surface area contributed by atoms with Crippen molar-refractivity contribution in [2.75, 3.05) is 0 Å². The Morgan fingerprint density at radius 3 is 2.25 bits per heavy atom. The van der Waals surface area contributed by atoms with Gasteiger partial charge in [-0.2, -0.15) is 5.26 Å². The molecule has 174 valence electrons. The second-order valence-corrected chi connectivity index (χ2v) is 9.10. The lowest BCUT2D eigenvalue weighted by atomic mass is 9.99. The van der Waals surface area contributed by atoms with Gasteiger partial charge in [0, 0.05) is 38.0 Å². The number of esters is 1. The fraction of sp³-hybridized carbons (Fsp3) is 0.0333. The molecule has 1 atom stereocenters. The van der Waals surface area contributed by atoms with Crippen LogP contribution in [0.3, 0.4) is 0 Å². The highest BCUT2D eigenvalue weighted by Crippen LogP contribution is 2.34. The van der Waals surface area contributed by atoms with Crippen molar-refractivity contribution in [3.63, 3.8) is 0 Å². The molecule has 1 unspecified atom stereocenters. The van der Waals surface area contributed by atoms with Crippen molar-refractivity contribution in [1.82, 2.24) is 4.98 Å². The second-order valence-electron chi connectivity index (χ2n) is 8.01. The molecule has 5 aromatic rings. The van der Waals surface area contributed by atoms with Crippen molar-refractivity contribution in [2.24, 2.45) is 0 Å². The topological polar surface area (TPSA) is 82.9 Å². The minimum absolute atomic E-state index is 0.313. The largest absolute Gasteiger partial charge is 0.445 e. The molecule has 0 fully saturated rings. The number of carbonyl (C=O) groups excluding carboxylic acids is 2. The number of nitrogens with one attached hydrogen (secondary N) is 1. The molecular formula is C30H20N2O3S. The summed E-state index contributed by atoms with van der Waals surface area (Å²) >= 11 is 1.31. The van der Waals surface area contributed by atoms with Crippen molar-refractivity contribution in [3.05, 3.63) is 132 Å². The zero-order valence-corrected chi connectivity index (χ0v) is 19.9. The van der Waals surface area contributed by atoms with Gasteiger partial charge >= 0.3 is 5.97 Å². The number of aromatic nitrogens is 1. The number of para-hydroxylation sites is 1. The van der Waals surface area contributed by atoms with Crippen LogP contribution in [-0.4, -0.2) is 16.7 Å². The number of rotatable bonds is 7. The number of fused-ring (bicyclic) bond motifs is 1. The summed E-state index contributed by atoms with van der Waals surface area (Å²) in [4.78, 5) is 31.7. The summed E-state index contributed by atoms with van der Waals surface area (Å²) < 4.78 is 5.91. The Hall–Kier alpha value is -4.60. The molecule has 5 rings (SSSR count). The van der Waals surface area contributed by atoms with E-state index in [0.717, 1.165) is 15.8 Å². The maximum atomic E-state index is 13.7. The van der Waals surface area contributed by atoms with Gasteiger partial charge in [-0.25, -0.2) is 4.79 Å². The van der Waals surface area contributed by atoms with Crippen LogP contribution in [0.1, 0.15) is 37.9 Å². The van der Waals surface area contributed by atoms with E-state index < -0.39 is 12.1 Å². The third-order valence-corrected chi connectivity index (χ3v) is 6.91. The Bertz CT molecular complexity index is 1600. The highest BCUT2D eigenvalue weighted by Gasteiger charge is 2.29. The summed E-state index contributed by atoms with van der Waals surface area (Å²) in [6.45, 7) is 0. The number of benzene rings is 4. The van der Waals surface area contributed by atoms with Gasteiger partial charge < -0.3 is 9.72 Å². The quantitative estimate of drug-likeness (QED) is 0.198. The van der Waals surface area contributed by atoms with E-state index in [1.54, 1.807) is 60.8 Å². The summed E-state index contributed by atoms with van der Waals surface area (Å²) in [5.74, 6) is -0.929. The van der Waals surface area contributed by atoms with Crippen LogP contribution in [0.5, 0.6) is 0 Å². The SMILES string of the molecule is N#Cc1ccccc1Sc1ccccc1C(=O)OC(C(=O)c1c[nH]c2ccccc12)c1ccccc1. The lowest BCUT2D eigenvalue weighted by molar-refractivity contribution is 0.0277. The number of ketones is 1. The maximum absolute atomic E-state index is 13.7. The zero-order chi connectivity index (χ0) is 24.9. The van der Waals surface area contributed by atoms with Crippen molar-refractivity contribution in [2.45, 2.75) is 15.9 Å². The van der Waals surface area contributed by atoms with E-state index in [4.69, 9.17) is 4.74 Å². The van der Waals surface area contributed by atoms with E-state index in [1.165, 1.54) is 11.8 Å². The summed E-state index contributed by atoms with van der Waals surface area (Å²) in [5, 5.41) is 10.2. The minimum Gasteiger partial charge on any atom is -0.445 e. The normalized spacial score (nSPS) is 11.5. The smallest absolute Gasteiger partial charge is 0.340 e. The Morgan fingerprint density at radius 1 is 0.778 bits per heavy atom. The molecule has 0 aliphatic carbocycles. The first-order valence-corrected chi connectivity index (χ1v) is 12.1. The molecule has 0 saturated carbocycles. The van der Waals surface area contributed by atoms with Gasteiger partial charge in [-0.15, -0.1) is 0 Å². The summed E-state index contributed by atoms with van der Waals surface area (Å²) in [6, 6.07) is 32.9. The summed E-state index contributed by atoms with van der Waals surface area (Å²) in [6.07, 6.45) is 0.529. The molecule has 0 amide bonds. The number of carbonyl (C=O) groups is 2. The van der Waals surface area contributed by atoms with Crippen LogP contribution >= 0.6 is 11.8 Å². The fourth-order valence-electron chi connectivity index (χ4n) is 3.98. The van der Waals surface area contributed by atoms with Gasteiger partial charge in [-0.05, 0) is 30.3 Å². The van der Waals surface area contributed by atoms with Crippen LogP contribution in [-0.2, 0) is 4.74 Å². The number of hydrogen-bond donors (Lipinski definition) is 1. The van der Waals surface area contributed by atoms with Crippen LogP contribution in [0.25, 0.3) is 10.9 Å². The van der Waals surface area contributed by atoms with Gasteiger partial charge in [-0.3, -0.25) is 4.79 Å². The Kier molecular flexibility index (Phi) is 6.65. The van der Waals surface area contributed by atoms with Gasteiger partial charge in [0.1, 0.15) is 6.07 Å². The molecule has 0 aliphatic heterocycles. The number of H-pyrrole nitrogens is 1. The number of hydrogen-bond acceptors (Lipinski definition) is 5. The highest BCUT2D eigenvalue weighted by atomic mass is 32.2. The predicted molar refractivity (Wildman–Crippen MR) is 139 cm³/mol. The number of Topliss-reactive ketones (excluding diaryl/α,β-unsaturated/α-hetero) is 1. The molecule has 1 heterocycles. The van der Waals surface area contributed by atoms with Crippen molar-refractivity contribution in [3.8, 4) is 6.07 Å². The third kappa shape index (κ3) is 4.65. The molecular weight excluding hydrogens is 468 g/mol. The molecule has 4 aromatic carbocycles. The van der Waals surface area contributed by atoms with E-state index in [1.807, 2.05) is 48.5 Å². The van der Waals surface area contributed by atoms with Gasteiger partial charge in [0.05, 0.1) is 11.1 Å². The summed E-state index contributed by atoms with van der Waals surface area (Å²) in [7, 11) is 0. The molecule has 6 heteroatoms. The Balaban J connectivity index is 1.49. The van der Waals surface area contributed by atoms with Gasteiger partial charge in [0.25, 0.3) is 0 Å². The fourth-order valence-corrected chi connectivity index (χ4v) is 4.99. The van der Waals surface area contributed by atoms with Crippen LogP contribution < -0.4 is 0 Å². The number of nitriles is 1. The van der Waals surface area contributed by atoms with E-state index in [9.17, 15) is 14.9 Å². The molecule has 0 saturated heterocycles. The van der Waals surface area contributed by atoms with Crippen LogP contribution in [0.4, 0.5) is 0 Å². The Labute approximate surface area is 212 Å². The van der Waals surface area contributed by atoms with Gasteiger partial charge in [0.2, 0.25) is 5.78 Å². The van der Waals surface area contributed by atoms with Crippen molar-refractivity contribution >= 4 is 34.4 Å². The minimum atomic E-state index is -1.12. The Morgan fingerprint density at radius 2 is 1.44 bits per heavy atom. The number of nitrogens with zero attached hydrogens (tertiary/aromatic N) is 1. The van der Waals surface area contributed by atoms with E-state index in [0.29, 0.717) is 27.1 Å². The molecule has 0 spiro atoms. The molecule has 0 radical (unpaired) electrons.